The van der Waals surface area contributed by atoms with Gasteiger partial charge in [0.15, 0.2) is 0 Å². The van der Waals surface area contributed by atoms with Crippen LogP contribution >= 0.6 is 0 Å². The third-order valence-corrected chi connectivity index (χ3v) is 6.32. The fraction of sp³-hybridized carbons (Fsp3) is 0.242. The van der Waals surface area contributed by atoms with Gasteiger partial charge in [-0.3, -0.25) is 9.59 Å². The number of ether oxygens (including phenoxy) is 1. The van der Waals surface area contributed by atoms with E-state index in [0.29, 0.717) is 0 Å². The number of nitrogens with one attached hydrogen (secondary N) is 2. The summed E-state index contributed by atoms with van der Waals surface area (Å²) in [5.74, 6) is -1.94. The molecule has 1 atom stereocenters. The molecule has 3 aromatic rings. The second-order valence-corrected chi connectivity index (χ2v) is 10.6. The van der Waals surface area contributed by atoms with Gasteiger partial charge in [-0.1, -0.05) is 97.6 Å². The van der Waals surface area contributed by atoms with Gasteiger partial charge in [0.1, 0.15) is 23.7 Å². The molecule has 9 heteroatoms. The van der Waals surface area contributed by atoms with Crippen LogP contribution in [0.2, 0.25) is 0 Å². The van der Waals surface area contributed by atoms with Gasteiger partial charge in [0, 0.05) is 18.3 Å². The number of hydrogen-bond donors (Lipinski definition) is 4. The zero-order chi connectivity index (χ0) is 30.8. The summed E-state index contributed by atoms with van der Waals surface area (Å²) in [4.78, 5) is 38.5. The van der Waals surface area contributed by atoms with Crippen molar-refractivity contribution in [1.29, 1.82) is 0 Å². The zero-order valence-corrected chi connectivity index (χ0v) is 24.1. The van der Waals surface area contributed by atoms with E-state index in [-0.39, 0.29) is 12.1 Å². The smallest absolute Gasteiger partial charge is 0.408 e. The highest BCUT2D eigenvalue weighted by Gasteiger charge is 2.40. The number of nitrogens with two attached hydrogens (primary N) is 1. The second-order valence-electron chi connectivity index (χ2n) is 10.6. The highest BCUT2D eigenvalue weighted by atomic mass is 16.6. The lowest BCUT2D eigenvalue weighted by Crippen LogP contribution is -2.49. The molecular formula is C33H38N4O5. The normalized spacial score (nSPS) is 12.5. The molecule has 42 heavy (non-hydrogen) atoms. The minimum atomic E-state index is -1.22. The highest BCUT2D eigenvalue weighted by molar-refractivity contribution is 5.88. The van der Waals surface area contributed by atoms with E-state index in [4.69, 9.17) is 15.6 Å². The van der Waals surface area contributed by atoms with Crippen LogP contribution in [-0.4, -0.2) is 46.2 Å². The molecular weight excluding hydrogens is 532 g/mol. The first-order chi connectivity index (χ1) is 20.0. The summed E-state index contributed by atoms with van der Waals surface area (Å²) >= 11 is 0. The van der Waals surface area contributed by atoms with Gasteiger partial charge in [0.25, 0.3) is 0 Å². The standard InChI is InChI=1S/C33H38N4O5/c1-5-37(23-27(34)21-28(30(40)35-22-29(38)39)36-31(41)42-32(2,3)4)33(24-15-9-6-10-16-24,25-17-11-7-12-18-25)26-19-13-8-14-20-26/h5-20,23,28H,1,21-22,34H2,2-4H3,(H,35,40)(H,36,41)(H,38,39)/b27-23-/t28-/m0/s1. The van der Waals surface area contributed by atoms with Gasteiger partial charge in [0.05, 0.1) is 0 Å². The van der Waals surface area contributed by atoms with E-state index in [1.54, 1.807) is 33.2 Å². The van der Waals surface area contributed by atoms with Crippen LogP contribution < -0.4 is 16.4 Å². The summed E-state index contributed by atoms with van der Waals surface area (Å²) in [7, 11) is 0. The SMILES string of the molecule is C=CN(/C=C(\N)C[C@H](NC(=O)OC(C)(C)C)C(=O)NCC(=O)O)C(c1ccccc1)(c1ccccc1)c1ccccc1. The molecule has 0 spiro atoms. The Hall–Kier alpha value is -5.05. The molecule has 0 aliphatic heterocycles. The number of hydrogen-bond acceptors (Lipinski definition) is 6. The first kappa shape index (κ1) is 31.5. The Bertz CT molecular complexity index is 1290. The Labute approximate surface area is 246 Å². The number of aliphatic carboxylic acids is 1. The number of carboxylic acids is 1. The van der Waals surface area contributed by atoms with E-state index >= 15 is 0 Å². The minimum absolute atomic E-state index is 0.135. The maximum absolute atomic E-state index is 12.9. The molecule has 3 rings (SSSR count). The van der Waals surface area contributed by atoms with E-state index in [1.807, 2.05) is 95.9 Å². The van der Waals surface area contributed by atoms with E-state index < -0.39 is 41.7 Å². The highest BCUT2D eigenvalue weighted by Crippen LogP contribution is 2.43. The average molecular weight is 571 g/mol. The van der Waals surface area contributed by atoms with Crippen molar-refractivity contribution < 1.29 is 24.2 Å². The van der Waals surface area contributed by atoms with Crippen molar-refractivity contribution in [3.05, 3.63) is 132 Å². The molecule has 0 saturated heterocycles. The predicted octanol–water partition coefficient (Wildman–Crippen LogP) is 4.71. The van der Waals surface area contributed by atoms with Crippen molar-refractivity contribution >= 4 is 18.0 Å². The van der Waals surface area contributed by atoms with Crippen LogP contribution in [0.1, 0.15) is 43.9 Å². The van der Waals surface area contributed by atoms with Crippen LogP contribution in [0.5, 0.6) is 0 Å². The van der Waals surface area contributed by atoms with Crippen molar-refractivity contribution in [3.63, 3.8) is 0 Å². The van der Waals surface area contributed by atoms with E-state index in [9.17, 15) is 14.4 Å². The molecule has 0 fully saturated rings. The van der Waals surface area contributed by atoms with Crippen molar-refractivity contribution in [2.75, 3.05) is 6.54 Å². The van der Waals surface area contributed by atoms with Crippen LogP contribution in [-0.2, 0) is 19.9 Å². The van der Waals surface area contributed by atoms with E-state index in [0.717, 1.165) is 16.7 Å². The van der Waals surface area contributed by atoms with Crippen LogP contribution in [0.3, 0.4) is 0 Å². The van der Waals surface area contributed by atoms with Crippen molar-refractivity contribution in [2.45, 2.75) is 44.4 Å². The maximum atomic E-state index is 12.9. The molecule has 5 N–H and O–H groups in total. The fourth-order valence-electron chi connectivity index (χ4n) is 4.68. The molecule has 0 saturated carbocycles. The number of alkyl carbamates (subject to hydrolysis) is 1. The van der Waals surface area contributed by atoms with Crippen molar-refractivity contribution in [1.82, 2.24) is 15.5 Å². The Morgan fingerprint density at radius 2 is 1.36 bits per heavy atom. The lowest BCUT2D eigenvalue weighted by atomic mass is 9.75. The van der Waals surface area contributed by atoms with Gasteiger partial charge in [0.2, 0.25) is 5.91 Å². The minimum Gasteiger partial charge on any atom is -0.480 e. The van der Waals surface area contributed by atoms with Gasteiger partial charge in [-0.15, -0.1) is 0 Å². The summed E-state index contributed by atoms with van der Waals surface area (Å²) < 4.78 is 5.32. The monoisotopic (exact) mass is 570 g/mol. The molecule has 0 aliphatic carbocycles. The predicted molar refractivity (Wildman–Crippen MR) is 162 cm³/mol. The third kappa shape index (κ3) is 8.00. The number of carboxylic acid groups (broad SMARTS) is 1. The summed E-state index contributed by atoms with van der Waals surface area (Å²) in [6.07, 6.45) is 2.36. The molecule has 0 bridgehead atoms. The largest absolute Gasteiger partial charge is 0.480 e. The molecule has 3 aromatic carbocycles. The van der Waals surface area contributed by atoms with Crippen molar-refractivity contribution in [2.24, 2.45) is 5.73 Å². The van der Waals surface area contributed by atoms with Crippen LogP contribution in [0.4, 0.5) is 4.79 Å². The Morgan fingerprint density at radius 1 is 0.905 bits per heavy atom. The lowest BCUT2D eigenvalue weighted by Gasteiger charge is -2.43. The molecule has 0 aliphatic rings. The van der Waals surface area contributed by atoms with Gasteiger partial charge >= 0.3 is 12.1 Å². The van der Waals surface area contributed by atoms with Gasteiger partial charge in [-0.25, -0.2) is 4.79 Å². The molecule has 220 valence electrons. The first-order valence-corrected chi connectivity index (χ1v) is 13.5. The molecule has 0 heterocycles. The Balaban J connectivity index is 2.10. The second kappa shape index (κ2) is 14.0. The average Bonchev–Trinajstić information content (AvgIpc) is 2.96. The third-order valence-electron chi connectivity index (χ3n) is 6.32. The van der Waals surface area contributed by atoms with Crippen LogP contribution in [0.25, 0.3) is 0 Å². The Morgan fingerprint density at radius 3 is 1.74 bits per heavy atom. The van der Waals surface area contributed by atoms with E-state index in [1.165, 1.54) is 0 Å². The quantitative estimate of drug-likeness (QED) is 0.232. The van der Waals surface area contributed by atoms with Crippen LogP contribution in [0, 0.1) is 0 Å². The van der Waals surface area contributed by atoms with Crippen molar-refractivity contribution in [3.8, 4) is 0 Å². The van der Waals surface area contributed by atoms with E-state index in [2.05, 4.69) is 17.2 Å². The number of carbonyl (C=O) groups excluding carboxylic acids is 2. The number of nitrogens with zero attached hydrogens (tertiary/aromatic N) is 1. The van der Waals surface area contributed by atoms with Gasteiger partial charge < -0.3 is 31.1 Å². The fourth-order valence-corrected chi connectivity index (χ4v) is 4.68. The summed E-state index contributed by atoms with van der Waals surface area (Å²) in [6, 6.07) is 28.5. The summed E-state index contributed by atoms with van der Waals surface area (Å²) in [6.45, 7) is 8.56. The lowest BCUT2D eigenvalue weighted by molar-refractivity contribution is -0.138. The molecule has 0 aromatic heterocycles. The Kier molecular flexibility index (Phi) is 10.5. The van der Waals surface area contributed by atoms with Gasteiger partial charge in [-0.05, 0) is 43.7 Å². The number of benzene rings is 3. The summed E-state index contributed by atoms with van der Waals surface area (Å²) in [5, 5.41) is 13.9. The number of rotatable bonds is 12. The maximum Gasteiger partial charge on any atom is 0.408 e. The van der Waals surface area contributed by atoms with Gasteiger partial charge in [-0.2, -0.15) is 0 Å². The number of carbonyl (C=O) groups is 3. The molecule has 0 unspecified atom stereocenters. The topological polar surface area (TPSA) is 134 Å². The summed E-state index contributed by atoms with van der Waals surface area (Å²) in [5.41, 5.74) is 7.89. The zero-order valence-electron chi connectivity index (χ0n) is 24.1. The molecule has 2 amide bonds. The van der Waals surface area contributed by atoms with Crippen LogP contribution in [0.15, 0.2) is 116 Å². The molecule has 0 radical (unpaired) electrons. The number of amides is 2. The first-order valence-electron chi connectivity index (χ1n) is 13.5. The molecule has 9 nitrogen and oxygen atoms in total.